The minimum atomic E-state index is -0.956. The Labute approximate surface area is 375 Å². The number of amides is 1. The Morgan fingerprint density at radius 1 is 0.984 bits per heavy atom. The number of carboxylic acid groups (broad SMARTS) is 1. The molecule has 0 radical (unpaired) electrons. The summed E-state index contributed by atoms with van der Waals surface area (Å²) >= 11 is 7.87. The predicted octanol–water partition coefficient (Wildman–Crippen LogP) is 7.61. The number of hydrogen-bond donors (Lipinski definition) is 2. The van der Waals surface area contributed by atoms with Crippen molar-refractivity contribution in [3.63, 3.8) is 0 Å². The number of anilines is 1. The molecule has 0 bridgehead atoms. The van der Waals surface area contributed by atoms with E-state index in [4.69, 9.17) is 30.8 Å². The number of rotatable bonds is 13. The molecule has 3 aliphatic rings. The fourth-order valence-electron chi connectivity index (χ4n) is 9.41. The van der Waals surface area contributed by atoms with Crippen molar-refractivity contribution >= 4 is 46.5 Å². The Morgan fingerprint density at radius 2 is 1.67 bits per heavy atom. The van der Waals surface area contributed by atoms with Gasteiger partial charge in [0, 0.05) is 64.4 Å². The number of nitrogens with one attached hydrogen (secondary N) is 1. The van der Waals surface area contributed by atoms with Crippen molar-refractivity contribution in [2.24, 2.45) is 15.8 Å². The standard InChI is InChI=1S/C46H50ClN9O6S/c1-25-26(2)63-41-37(25)38(51-35(21-36(57)58)39-54-53-27(3)56(39)41)28-8-11-31(12-9-28)60-18-19-61-32-14-16-55(17-15-32)44-49-23-30(24-50-44)40(59)52-42-45(4,5)43(46(42,6)7)62-33-13-10-29(22-48)34(47)20-33/h8-13,20,23-24,32,35,42-43H,14-19,21H2,1-7H3,(H,52,59)(H,57,58)/t35-,42?,43?/m0/s1. The summed E-state index contributed by atoms with van der Waals surface area (Å²) in [7, 11) is 0. The lowest BCUT2D eigenvalue weighted by Gasteiger charge is -2.63. The quantitative estimate of drug-likeness (QED) is 0.110. The molecule has 15 nitrogen and oxygen atoms in total. The highest BCUT2D eigenvalue weighted by molar-refractivity contribution is 7.15. The number of thiophene rings is 1. The van der Waals surface area contributed by atoms with Crippen molar-refractivity contribution in [1.29, 1.82) is 5.26 Å². The van der Waals surface area contributed by atoms with Crippen LogP contribution < -0.4 is 19.7 Å². The average molecular weight is 892 g/mol. The molecular formula is C46H50ClN9O6S. The number of nitriles is 1. The average Bonchev–Trinajstić information content (AvgIpc) is 3.74. The molecule has 2 aromatic carbocycles. The molecular weight excluding hydrogens is 842 g/mol. The SMILES string of the molecule is Cc1sc2c(c1C)C(c1ccc(OCCOC3CCN(c4ncc(C(=O)NC5C(C)(C)C(Oc6ccc(C#N)c(Cl)c6)C5(C)C)cn4)CC3)cc1)=N[C@@H](CC(=O)O)c1nnc(C)n1-2. The number of aliphatic imine (C=N–C) groups is 1. The van der Waals surface area contributed by atoms with E-state index >= 15 is 0 Å². The van der Waals surface area contributed by atoms with Crippen molar-refractivity contribution in [3.8, 4) is 22.6 Å². The molecule has 1 aliphatic carbocycles. The number of aryl methyl sites for hydroxylation is 2. The number of carboxylic acids is 1. The lowest BCUT2D eigenvalue weighted by Crippen LogP contribution is -2.74. The van der Waals surface area contributed by atoms with E-state index in [0.29, 0.717) is 71.5 Å². The Kier molecular flexibility index (Phi) is 12.0. The third kappa shape index (κ3) is 8.49. The number of carbonyl (C=O) groups excluding carboxylic acids is 1. The lowest BCUT2D eigenvalue weighted by atomic mass is 9.49. The molecule has 1 amide bonds. The van der Waals surface area contributed by atoms with E-state index in [1.54, 1.807) is 41.9 Å². The summed E-state index contributed by atoms with van der Waals surface area (Å²) in [6, 6.07) is 13.9. The first-order valence-electron chi connectivity index (χ1n) is 21.0. The van der Waals surface area contributed by atoms with Gasteiger partial charge in [0.05, 0.1) is 41.0 Å². The van der Waals surface area contributed by atoms with E-state index < -0.39 is 22.8 Å². The van der Waals surface area contributed by atoms with Crippen LogP contribution in [-0.2, 0) is 9.53 Å². The number of carbonyl (C=O) groups is 2. The van der Waals surface area contributed by atoms with Gasteiger partial charge in [-0.1, -0.05) is 39.3 Å². The van der Waals surface area contributed by atoms with Gasteiger partial charge in [-0.05, 0) is 75.6 Å². The monoisotopic (exact) mass is 891 g/mol. The molecule has 17 heteroatoms. The zero-order valence-corrected chi connectivity index (χ0v) is 37.9. The zero-order chi connectivity index (χ0) is 44.8. The number of ether oxygens (including phenoxy) is 3. The molecule has 1 saturated carbocycles. The maximum atomic E-state index is 13.4. The molecule has 63 heavy (non-hydrogen) atoms. The first-order valence-corrected chi connectivity index (χ1v) is 22.2. The van der Waals surface area contributed by atoms with Crippen molar-refractivity contribution < 1.29 is 28.9 Å². The molecule has 2 aliphatic heterocycles. The van der Waals surface area contributed by atoms with Crippen molar-refractivity contribution in [1.82, 2.24) is 30.0 Å². The van der Waals surface area contributed by atoms with Crippen LogP contribution in [-0.4, -0.2) is 92.0 Å². The maximum absolute atomic E-state index is 13.4. The van der Waals surface area contributed by atoms with Gasteiger partial charge < -0.3 is 29.5 Å². The van der Waals surface area contributed by atoms with E-state index in [1.165, 1.54) is 0 Å². The topological polar surface area (TPSA) is 190 Å². The predicted molar refractivity (Wildman–Crippen MR) is 239 cm³/mol. The fraction of sp³-hybridized carbons (Fsp3) is 0.435. The molecule has 8 rings (SSSR count). The van der Waals surface area contributed by atoms with Crippen LogP contribution in [0.2, 0.25) is 5.02 Å². The van der Waals surface area contributed by atoms with Crippen LogP contribution in [0.4, 0.5) is 5.95 Å². The maximum Gasteiger partial charge on any atom is 0.306 e. The Hall–Kier alpha value is -5.89. The molecule has 1 atom stereocenters. The Morgan fingerprint density at radius 3 is 2.32 bits per heavy atom. The fourth-order valence-corrected chi connectivity index (χ4v) is 10.8. The summed E-state index contributed by atoms with van der Waals surface area (Å²) in [4.78, 5) is 42.7. The van der Waals surface area contributed by atoms with Gasteiger partial charge in [0.25, 0.3) is 5.91 Å². The lowest BCUT2D eigenvalue weighted by molar-refractivity contribution is -0.164. The zero-order valence-electron chi connectivity index (χ0n) is 36.3. The minimum Gasteiger partial charge on any atom is -0.491 e. The molecule has 5 aromatic rings. The first-order chi connectivity index (χ1) is 30.1. The highest BCUT2D eigenvalue weighted by Crippen LogP contribution is 2.55. The number of halogens is 1. The summed E-state index contributed by atoms with van der Waals surface area (Å²) in [5.74, 6) is 1.85. The molecule has 5 heterocycles. The summed E-state index contributed by atoms with van der Waals surface area (Å²) in [6.45, 7) is 16.5. The molecule has 1 saturated heterocycles. The van der Waals surface area contributed by atoms with Gasteiger partial charge >= 0.3 is 5.97 Å². The van der Waals surface area contributed by atoms with E-state index in [0.717, 1.165) is 45.1 Å². The van der Waals surface area contributed by atoms with Crippen molar-refractivity contribution in [3.05, 3.63) is 104 Å². The molecule has 2 N–H and O–H groups in total. The number of aromatic nitrogens is 5. The van der Waals surface area contributed by atoms with Gasteiger partial charge in [0.1, 0.15) is 47.1 Å². The number of hydrogen-bond acceptors (Lipinski definition) is 13. The van der Waals surface area contributed by atoms with Crippen LogP contribution in [0.3, 0.4) is 0 Å². The number of nitrogens with zero attached hydrogens (tertiary/aromatic N) is 8. The van der Waals surface area contributed by atoms with Crippen molar-refractivity contribution in [2.45, 2.75) is 92.0 Å². The van der Waals surface area contributed by atoms with Gasteiger partial charge in [0.2, 0.25) is 5.95 Å². The molecule has 0 unspecified atom stereocenters. The van der Waals surface area contributed by atoms with E-state index in [-0.39, 0.29) is 30.6 Å². The summed E-state index contributed by atoms with van der Waals surface area (Å²) in [5.41, 5.74) is 3.61. The van der Waals surface area contributed by atoms with E-state index in [9.17, 15) is 20.0 Å². The number of piperidine rings is 1. The van der Waals surface area contributed by atoms with Gasteiger partial charge in [-0.2, -0.15) is 5.26 Å². The summed E-state index contributed by atoms with van der Waals surface area (Å²) < 4.78 is 20.6. The van der Waals surface area contributed by atoms with Crippen molar-refractivity contribution in [2.75, 3.05) is 31.2 Å². The van der Waals surface area contributed by atoms with Gasteiger partial charge in [0.15, 0.2) is 5.82 Å². The third-order valence-corrected chi connectivity index (χ3v) is 14.0. The van der Waals surface area contributed by atoms with Crippen LogP contribution in [0.15, 0.2) is 59.9 Å². The number of aliphatic carboxylic acids is 1. The second-order valence-electron chi connectivity index (χ2n) is 17.5. The Balaban J connectivity index is 0.804. The van der Waals surface area contributed by atoms with E-state index in [2.05, 4.69) is 78.0 Å². The third-order valence-electron chi connectivity index (χ3n) is 12.5. The van der Waals surface area contributed by atoms with Crippen LogP contribution in [0.5, 0.6) is 11.5 Å². The Bertz CT molecular complexity index is 2590. The first kappa shape index (κ1) is 43.7. The second kappa shape index (κ2) is 17.3. The normalized spacial score (nSPS) is 20.0. The van der Waals surface area contributed by atoms with Gasteiger partial charge in [-0.25, -0.2) is 9.97 Å². The highest BCUT2D eigenvalue weighted by atomic mass is 35.5. The number of fused-ring (bicyclic) bond motifs is 3. The molecule has 0 spiro atoms. The molecule has 328 valence electrons. The van der Waals surface area contributed by atoms with E-state index in [1.807, 2.05) is 35.8 Å². The largest absolute Gasteiger partial charge is 0.491 e. The molecule has 2 fully saturated rings. The van der Waals surface area contributed by atoms with Gasteiger partial charge in [-0.3, -0.25) is 19.1 Å². The van der Waals surface area contributed by atoms with Gasteiger partial charge in [-0.15, -0.1) is 21.5 Å². The second-order valence-corrected chi connectivity index (χ2v) is 19.1. The summed E-state index contributed by atoms with van der Waals surface area (Å²) in [6.07, 6.45) is 4.40. The minimum absolute atomic E-state index is 0.0696. The molecule has 3 aromatic heterocycles. The van der Waals surface area contributed by atoms with Crippen LogP contribution >= 0.6 is 22.9 Å². The summed E-state index contributed by atoms with van der Waals surface area (Å²) in [5, 5.41) is 32.0. The highest BCUT2D eigenvalue weighted by Gasteiger charge is 2.64. The van der Waals surface area contributed by atoms with Crippen LogP contribution in [0, 0.1) is 42.9 Å². The smallest absolute Gasteiger partial charge is 0.306 e. The number of benzene rings is 2. The van der Waals surface area contributed by atoms with Crippen LogP contribution in [0.25, 0.3) is 5.00 Å². The van der Waals surface area contributed by atoms with Crippen LogP contribution in [0.1, 0.15) is 102 Å².